The van der Waals surface area contributed by atoms with Gasteiger partial charge in [0, 0.05) is 19.2 Å². The number of nitrogens with one attached hydrogen (secondary N) is 1. The van der Waals surface area contributed by atoms with Crippen molar-refractivity contribution in [3.05, 3.63) is 83.9 Å². The molecule has 0 aliphatic carbocycles. The lowest BCUT2D eigenvalue weighted by Crippen LogP contribution is -2.43. The molecule has 162 valence electrons. The summed E-state index contributed by atoms with van der Waals surface area (Å²) in [5.41, 5.74) is 9.09. The van der Waals surface area contributed by atoms with Gasteiger partial charge in [-0.1, -0.05) is 48.5 Å². The molecule has 0 aliphatic heterocycles. The molecule has 0 spiro atoms. The van der Waals surface area contributed by atoms with Gasteiger partial charge in [-0.05, 0) is 24.1 Å². The first-order chi connectivity index (χ1) is 13.6. The summed E-state index contributed by atoms with van der Waals surface area (Å²) in [6.07, 6.45) is 4.09. The van der Waals surface area contributed by atoms with Crippen LogP contribution in [0.5, 0.6) is 5.75 Å². The van der Waals surface area contributed by atoms with Gasteiger partial charge in [0.15, 0.2) is 0 Å². The predicted octanol–water partition coefficient (Wildman–Crippen LogP) is 3.15. The minimum absolute atomic E-state index is 0. The van der Waals surface area contributed by atoms with Gasteiger partial charge in [0.2, 0.25) is 5.91 Å². The van der Waals surface area contributed by atoms with Gasteiger partial charge in [0.05, 0.1) is 24.6 Å². The smallest absolute Gasteiger partial charge is 0.237 e. The van der Waals surface area contributed by atoms with E-state index in [1.807, 2.05) is 60.2 Å². The number of amides is 1. The number of hydrogen-bond donors (Lipinski definition) is 2. The number of ether oxygens (including phenoxy) is 1. The first-order valence-corrected chi connectivity index (χ1v) is 9.38. The van der Waals surface area contributed by atoms with Gasteiger partial charge in [-0.15, -0.1) is 24.8 Å². The van der Waals surface area contributed by atoms with Crippen molar-refractivity contribution in [3.63, 3.8) is 0 Å². The second kappa shape index (κ2) is 12.9. The summed E-state index contributed by atoms with van der Waals surface area (Å²) in [5, 5.41) is 2.82. The molecule has 1 aromatic heterocycles. The molecule has 3 rings (SSSR count). The van der Waals surface area contributed by atoms with E-state index in [4.69, 9.17) is 10.5 Å². The Labute approximate surface area is 189 Å². The lowest BCUT2D eigenvalue weighted by Gasteiger charge is -2.12. The Morgan fingerprint density at radius 2 is 1.83 bits per heavy atom. The molecule has 0 bridgehead atoms. The van der Waals surface area contributed by atoms with Crippen molar-refractivity contribution in [2.75, 3.05) is 13.2 Å². The molecule has 1 heterocycles. The van der Waals surface area contributed by atoms with Gasteiger partial charge in [0.1, 0.15) is 12.4 Å². The highest BCUT2D eigenvalue weighted by Gasteiger charge is 2.15. The molecular weight excluding hydrogens is 423 g/mol. The van der Waals surface area contributed by atoms with Gasteiger partial charge < -0.3 is 20.4 Å². The van der Waals surface area contributed by atoms with Crippen LogP contribution in [0.2, 0.25) is 0 Å². The van der Waals surface area contributed by atoms with E-state index in [-0.39, 0.29) is 30.7 Å². The van der Waals surface area contributed by atoms with E-state index in [0.29, 0.717) is 19.6 Å². The Morgan fingerprint density at radius 1 is 1.13 bits per heavy atom. The molecule has 6 nitrogen and oxygen atoms in total. The minimum Gasteiger partial charge on any atom is -0.491 e. The Balaban J connectivity index is 0.00000225. The molecule has 0 unspecified atom stereocenters. The van der Waals surface area contributed by atoms with Gasteiger partial charge in [-0.2, -0.15) is 0 Å². The molecular formula is C22H28Cl2N4O2. The third-order valence-corrected chi connectivity index (χ3v) is 4.41. The number of nitrogens with zero attached hydrogens (tertiary/aromatic N) is 2. The number of halogens is 2. The maximum absolute atomic E-state index is 12.2. The van der Waals surface area contributed by atoms with Crippen LogP contribution in [0, 0.1) is 6.92 Å². The van der Waals surface area contributed by atoms with Crippen LogP contribution in [0.3, 0.4) is 0 Å². The zero-order chi connectivity index (χ0) is 19.8. The predicted molar refractivity (Wildman–Crippen MR) is 124 cm³/mol. The summed E-state index contributed by atoms with van der Waals surface area (Å²) < 4.78 is 7.67. The summed E-state index contributed by atoms with van der Waals surface area (Å²) in [4.78, 5) is 16.6. The monoisotopic (exact) mass is 450 g/mol. The minimum atomic E-state index is -0.640. The first-order valence-electron chi connectivity index (χ1n) is 9.38. The molecule has 8 heteroatoms. The van der Waals surface area contributed by atoms with Crippen LogP contribution in [0.15, 0.2) is 67.1 Å². The number of imidazole rings is 1. The third-order valence-electron chi connectivity index (χ3n) is 4.41. The average molecular weight is 451 g/mol. The molecule has 2 aromatic carbocycles. The number of hydrogen-bond acceptors (Lipinski definition) is 4. The number of benzene rings is 2. The van der Waals surface area contributed by atoms with Crippen LogP contribution in [-0.2, 0) is 17.8 Å². The lowest BCUT2D eigenvalue weighted by atomic mass is 10.1. The molecule has 0 aliphatic rings. The Morgan fingerprint density at radius 3 is 2.57 bits per heavy atom. The quantitative estimate of drug-likeness (QED) is 0.490. The molecule has 0 fully saturated rings. The highest BCUT2D eigenvalue weighted by molar-refractivity contribution is 5.85. The zero-order valence-electron chi connectivity index (χ0n) is 16.9. The number of rotatable bonds is 9. The maximum atomic E-state index is 12.2. The Hall–Kier alpha value is -2.54. The largest absolute Gasteiger partial charge is 0.491 e. The average Bonchev–Trinajstić information content (AvgIpc) is 3.13. The zero-order valence-corrected chi connectivity index (χ0v) is 18.5. The fraction of sp³-hybridized carbons (Fsp3) is 0.273. The number of aryl methyl sites for hydroxylation is 1. The van der Waals surface area contributed by atoms with E-state index in [2.05, 4.69) is 22.4 Å². The molecule has 1 atom stereocenters. The van der Waals surface area contributed by atoms with Gasteiger partial charge in [0.25, 0.3) is 0 Å². The van der Waals surface area contributed by atoms with Gasteiger partial charge in [-0.3, -0.25) is 4.79 Å². The van der Waals surface area contributed by atoms with Crippen LogP contribution < -0.4 is 15.8 Å². The van der Waals surface area contributed by atoms with Crippen LogP contribution in [0.25, 0.3) is 0 Å². The molecule has 3 aromatic rings. The van der Waals surface area contributed by atoms with E-state index < -0.39 is 6.04 Å². The van der Waals surface area contributed by atoms with Crippen molar-refractivity contribution in [2.45, 2.75) is 25.9 Å². The van der Waals surface area contributed by atoms with E-state index >= 15 is 0 Å². The van der Waals surface area contributed by atoms with Crippen molar-refractivity contribution in [1.29, 1.82) is 0 Å². The number of aromatic nitrogens is 2. The van der Waals surface area contributed by atoms with E-state index in [0.717, 1.165) is 23.6 Å². The molecule has 0 radical (unpaired) electrons. The van der Waals surface area contributed by atoms with Crippen molar-refractivity contribution < 1.29 is 9.53 Å². The number of nitrogens with two attached hydrogens (primary N) is 1. The molecule has 0 saturated carbocycles. The molecule has 30 heavy (non-hydrogen) atoms. The fourth-order valence-electron chi connectivity index (χ4n) is 2.90. The molecule has 1 amide bonds. The number of carbonyl (C=O) groups excluding carboxylic acids is 1. The van der Waals surface area contributed by atoms with Crippen molar-refractivity contribution >= 4 is 30.7 Å². The lowest BCUT2D eigenvalue weighted by molar-refractivity contribution is -0.122. The first kappa shape index (κ1) is 25.5. The second-order valence-corrected chi connectivity index (χ2v) is 6.74. The summed E-state index contributed by atoms with van der Waals surface area (Å²) in [7, 11) is 0. The maximum Gasteiger partial charge on any atom is 0.237 e. The van der Waals surface area contributed by atoms with Crippen molar-refractivity contribution in [3.8, 4) is 5.75 Å². The summed E-state index contributed by atoms with van der Waals surface area (Å²) >= 11 is 0. The van der Waals surface area contributed by atoms with Crippen molar-refractivity contribution in [2.24, 2.45) is 5.73 Å². The van der Waals surface area contributed by atoms with Crippen LogP contribution in [-0.4, -0.2) is 34.7 Å². The number of para-hydroxylation sites is 1. The van der Waals surface area contributed by atoms with Crippen LogP contribution in [0.4, 0.5) is 0 Å². The van der Waals surface area contributed by atoms with Gasteiger partial charge in [-0.25, -0.2) is 4.98 Å². The fourth-order valence-corrected chi connectivity index (χ4v) is 2.90. The molecule has 0 saturated heterocycles. The Bertz CT molecular complexity index is 903. The third kappa shape index (κ3) is 7.71. The normalized spacial score (nSPS) is 11.0. The highest BCUT2D eigenvalue weighted by atomic mass is 35.5. The van der Waals surface area contributed by atoms with E-state index in [1.165, 1.54) is 5.56 Å². The standard InChI is InChI=1S/C22H26N4O2.2ClH/c1-17-7-5-6-10-21(17)28-12-11-24-22(27)20(23)13-19-15-26(16-25-19)14-18-8-3-2-4-9-18;;/h2-10,15-16,20H,11-14,23H2,1H3,(H,24,27);2*1H/t20-;;/m0../s1. The number of carbonyl (C=O) groups is 1. The highest BCUT2D eigenvalue weighted by Crippen LogP contribution is 2.15. The second-order valence-electron chi connectivity index (χ2n) is 6.74. The summed E-state index contributed by atoms with van der Waals surface area (Å²) in [5.74, 6) is 0.621. The topological polar surface area (TPSA) is 82.2 Å². The van der Waals surface area contributed by atoms with E-state index in [1.54, 1.807) is 6.33 Å². The SMILES string of the molecule is Cc1ccccc1OCCNC(=O)[C@@H](N)Cc1cn(Cc2ccccc2)cn1.Cl.Cl. The summed E-state index contributed by atoms with van der Waals surface area (Å²) in [6.45, 7) is 3.53. The van der Waals surface area contributed by atoms with Crippen LogP contribution >= 0.6 is 24.8 Å². The van der Waals surface area contributed by atoms with E-state index in [9.17, 15) is 4.79 Å². The van der Waals surface area contributed by atoms with Crippen LogP contribution in [0.1, 0.15) is 16.8 Å². The summed E-state index contributed by atoms with van der Waals surface area (Å²) in [6, 6.07) is 17.3. The molecule has 3 N–H and O–H groups in total. The van der Waals surface area contributed by atoms with Crippen molar-refractivity contribution in [1.82, 2.24) is 14.9 Å². The Kier molecular flexibility index (Phi) is 11.0. The van der Waals surface area contributed by atoms with Gasteiger partial charge >= 0.3 is 0 Å².